The van der Waals surface area contributed by atoms with Crippen LogP contribution in [0.5, 0.6) is 0 Å². The van der Waals surface area contributed by atoms with Crippen molar-refractivity contribution in [1.82, 2.24) is 9.97 Å². The first-order chi connectivity index (χ1) is 9.20. The Balaban J connectivity index is 1.77. The van der Waals surface area contributed by atoms with E-state index >= 15 is 0 Å². The molecule has 0 radical (unpaired) electrons. The second-order valence-corrected chi connectivity index (χ2v) is 5.65. The average Bonchev–Trinajstić information content (AvgIpc) is 2.38. The molecule has 1 aromatic heterocycles. The van der Waals surface area contributed by atoms with Gasteiger partial charge in [0.05, 0.1) is 6.10 Å². The van der Waals surface area contributed by atoms with Crippen LogP contribution in [0.3, 0.4) is 0 Å². The van der Waals surface area contributed by atoms with Gasteiger partial charge in [-0.1, -0.05) is 28.1 Å². The summed E-state index contributed by atoms with van der Waals surface area (Å²) in [6.07, 6.45) is 3.17. The van der Waals surface area contributed by atoms with Crippen molar-refractivity contribution < 1.29 is 5.11 Å². The molecule has 0 saturated heterocycles. The summed E-state index contributed by atoms with van der Waals surface area (Å²) >= 11 is 3.41. The molecule has 1 heterocycles. The van der Waals surface area contributed by atoms with Crippen LogP contribution in [0.25, 0.3) is 11.4 Å². The summed E-state index contributed by atoms with van der Waals surface area (Å²) in [7, 11) is 0. The number of aliphatic hydroxyl groups excluding tert-OH is 1. The Hall–Kier alpha value is -1.46. The van der Waals surface area contributed by atoms with E-state index in [0.29, 0.717) is 11.9 Å². The number of nitrogens with one attached hydrogen (secondary N) is 1. The van der Waals surface area contributed by atoms with Crippen molar-refractivity contribution in [1.29, 1.82) is 0 Å². The minimum absolute atomic E-state index is 0.162. The molecule has 0 unspecified atom stereocenters. The lowest BCUT2D eigenvalue weighted by atomic mass is 9.89. The first-order valence-electron chi connectivity index (χ1n) is 6.24. The molecule has 2 N–H and O–H groups in total. The largest absolute Gasteiger partial charge is 0.393 e. The Kier molecular flexibility index (Phi) is 3.48. The van der Waals surface area contributed by atoms with E-state index in [0.717, 1.165) is 28.7 Å². The summed E-state index contributed by atoms with van der Waals surface area (Å²) in [6.45, 7) is 0. The van der Waals surface area contributed by atoms with Crippen molar-refractivity contribution in [2.75, 3.05) is 5.32 Å². The molecule has 3 rings (SSSR count). The maximum absolute atomic E-state index is 9.28. The van der Waals surface area contributed by atoms with Gasteiger partial charge in [-0.05, 0) is 31.0 Å². The number of hydrogen-bond acceptors (Lipinski definition) is 4. The van der Waals surface area contributed by atoms with Gasteiger partial charge in [-0.15, -0.1) is 0 Å². The number of rotatable bonds is 3. The third-order valence-corrected chi connectivity index (χ3v) is 3.75. The standard InChI is InChI=1S/C14H14BrN3O/c15-10-3-1-9(2-4-10)14-16-6-5-13(18-14)17-11-7-12(19)8-11/h1-6,11-12,19H,7-8H2,(H,16,17,18). The maximum Gasteiger partial charge on any atom is 0.161 e. The molecule has 1 saturated carbocycles. The highest BCUT2D eigenvalue weighted by atomic mass is 79.9. The molecule has 2 aromatic rings. The second-order valence-electron chi connectivity index (χ2n) is 4.74. The van der Waals surface area contributed by atoms with Gasteiger partial charge in [-0.25, -0.2) is 9.97 Å². The van der Waals surface area contributed by atoms with Crippen LogP contribution in [0, 0.1) is 0 Å². The Labute approximate surface area is 120 Å². The zero-order valence-electron chi connectivity index (χ0n) is 10.3. The van der Waals surface area contributed by atoms with Crippen LogP contribution in [-0.4, -0.2) is 27.2 Å². The third-order valence-electron chi connectivity index (χ3n) is 3.22. The molecular formula is C14H14BrN3O. The first-order valence-corrected chi connectivity index (χ1v) is 7.03. The monoisotopic (exact) mass is 319 g/mol. The SMILES string of the molecule is OC1CC(Nc2ccnc(-c3ccc(Br)cc3)n2)C1. The highest BCUT2D eigenvalue weighted by Crippen LogP contribution is 2.24. The van der Waals surface area contributed by atoms with E-state index in [1.54, 1.807) is 6.20 Å². The molecule has 1 aliphatic carbocycles. The van der Waals surface area contributed by atoms with Crippen molar-refractivity contribution in [3.8, 4) is 11.4 Å². The van der Waals surface area contributed by atoms with Gasteiger partial charge in [0.25, 0.3) is 0 Å². The Bertz CT molecular complexity index is 567. The van der Waals surface area contributed by atoms with E-state index in [1.165, 1.54) is 0 Å². The number of hydrogen-bond donors (Lipinski definition) is 2. The molecule has 0 atom stereocenters. The fraction of sp³-hybridized carbons (Fsp3) is 0.286. The van der Waals surface area contributed by atoms with Gasteiger partial charge in [0.2, 0.25) is 0 Å². The smallest absolute Gasteiger partial charge is 0.161 e. The van der Waals surface area contributed by atoms with Crippen LogP contribution in [0.2, 0.25) is 0 Å². The Morgan fingerprint density at radius 2 is 1.89 bits per heavy atom. The minimum atomic E-state index is -0.162. The number of nitrogens with zero attached hydrogens (tertiary/aromatic N) is 2. The Morgan fingerprint density at radius 1 is 1.16 bits per heavy atom. The van der Waals surface area contributed by atoms with Crippen LogP contribution in [-0.2, 0) is 0 Å². The molecule has 0 amide bonds. The zero-order chi connectivity index (χ0) is 13.2. The summed E-state index contributed by atoms with van der Waals surface area (Å²) in [4.78, 5) is 8.79. The predicted octanol–water partition coefficient (Wildman–Crippen LogP) is 2.84. The molecule has 0 aliphatic heterocycles. The van der Waals surface area contributed by atoms with Gasteiger partial charge < -0.3 is 10.4 Å². The molecule has 19 heavy (non-hydrogen) atoms. The van der Waals surface area contributed by atoms with E-state index in [2.05, 4.69) is 31.2 Å². The van der Waals surface area contributed by atoms with Gasteiger partial charge in [-0.3, -0.25) is 0 Å². The quantitative estimate of drug-likeness (QED) is 0.913. The number of anilines is 1. The van der Waals surface area contributed by atoms with Crippen LogP contribution in [0.1, 0.15) is 12.8 Å². The fourth-order valence-electron chi connectivity index (χ4n) is 2.09. The fourth-order valence-corrected chi connectivity index (χ4v) is 2.36. The van der Waals surface area contributed by atoms with Crippen molar-refractivity contribution >= 4 is 21.7 Å². The van der Waals surface area contributed by atoms with Crippen LogP contribution in [0.15, 0.2) is 41.0 Å². The second kappa shape index (κ2) is 5.27. The number of halogens is 1. The highest BCUT2D eigenvalue weighted by Gasteiger charge is 2.27. The molecule has 1 aromatic carbocycles. The van der Waals surface area contributed by atoms with E-state index in [-0.39, 0.29) is 6.10 Å². The number of aliphatic hydroxyl groups is 1. The Morgan fingerprint density at radius 3 is 2.58 bits per heavy atom. The van der Waals surface area contributed by atoms with E-state index < -0.39 is 0 Å². The topological polar surface area (TPSA) is 58.0 Å². The first kappa shape index (κ1) is 12.6. The van der Waals surface area contributed by atoms with Crippen molar-refractivity contribution in [2.45, 2.75) is 25.0 Å². The molecule has 1 fully saturated rings. The molecule has 98 valence electrons. The summed E-state index contributed by atoms with van der Waals surface area (Å²) in [5, 5.41) is 12.6. The predicted molar refractivity (Wildman–Crippen MR) is 77.8 cm³/mol. The number of aromatic nitrogens is 2. The van der Waals surface area contributed by atoms with Crippen LogP contribution < -0.4 is 5.32 Å². The summed E-state index contributed by atoms with van der Waals surface area (Å²) in [5.41, 5.74) is 0.987. The summed E-state index contributed by atoms with van der Waals surface area (Å²) in [6, 6.07) is 10.1. The molecule has 5 heteroatoms. The van der Waals surface area contributed by atoms with Gasteiger partial charge in [-0.2, -0.15) is 0 Å². The van der Waals surface area contributed by atoms with Crippen LogP contribution in [0.4, 0.5) is 5.82 Å². The van der Waals surface area contributed by atoms with E-state index in [9.17, 15) is 5.11 Å². The normalized spacial score (nSPS) is 21.8. The summed E-state index contributed by atoms with van der Waals surface area (Å²) < 4.78 is 1.04. The molecule has 1 aliphatic rings. The lowest BCUT2D eigenvalue weighted by molar-refractivity contribution is 0.0835. The number of benzene rings is 1. The van der Waals surface area contributed by atoms with Crippen molar-refractivity contribution in [2.24, 2.45) is 0 Å². The maximum atomic E-state index is 9.28. The molecule has 0 bridgehead atoms. The van der Waals surface area contributed by atoms with Gasteiger partial charge >= 0.3 is 0 Å². The molecule has 0 spiro atoms. The van der Waals surface area contributed by atoms with E-state index in [4.69, 9.17) is 0 Å². The minimum Gasteiger partial charge on any atom is -0.393 e. The van der Waals surface area contributed by atoms with Gasteiger partial charge in [0.15, 0.2) is 5.82 Å². The van der Waals surface area contributed by atoms with E-state index in [1.807, 2.05) is 30.3 Å². The van der Waals surface area contributed by atoms with Crippen molar-refractivity contribution in [3.05, 3.63) is 41.0 Å². The molecular weight excluding hydrogens is 306 g/mol. The highest BCUT2D eigenvalue weighted by molar-refractivity contribution is 9.10. The lowest BCUT2D eigenvalue weighted by Gasteiger charge is -2.32. The van der Waals surface area contributed by atoms with Crippen LogP contribution >= 0.6 is 15.9 Å². The third kappa shape index (κ3) is 2.93. The van der Waals surface area contributed by atoms with Gasteiger partial charge in [0, 0.05) is 22.3 Å². The zero-order valence-corrected chi connectivity index (χ0v) is 11.8. The summed E-state index contributed by atoms with van der Waals surface area (Å²) in [5.74, 6) is 1.52. The lowest BCUT2D eigenvalue weighted by Crippen LogP contribution is -2.39. The average molecular weight is 320 g/mol. The van der Waals surface area contributed by atoms with Crippen molar-refractivity contribution in [3.63, 3.8) is 0 Å². The van der Waals surface area contributed by atoms with Gasteiger partial charge in [0.1, 0.15) is 5.82 Å². The molecule has 4 nitrogen and oxygen atoms in total.